The van der Waals surface area contributed by atoms with E-state index in [0.29, 0.717) is 10.9 Å². The highest BCUT2D eigenvalue weighted by atomic mass is 79.9. The van der Waals surface area contributed by atoms with Crippen LogP contribution in [0.4, 0.5) is 0 Å². The summed E-state index contributed by atoms with van der Waals surface area (Å²) in [5, 5.41) is 0. The molecule has 19 heavy (non-hydrogen) atoms. The number of aryl methyl sites for hydroxylation is 1. The van der Waals surface area contributed by atoms with Crippen LogP contribution in [0.2, 0.25) is 0 Å². The molecule has 1 atom stereocenters. The summed E-state index contributed by atoms with van der Waals surface area (Å²) in [6.07, 6.45) is 8.30. The Morgan fingerprint density at radius 2 is 2.11 bits per heavy atom. The van der Waals surface area contributed by atoms with Crippen LogP contribution in [0.3, 0.4) is 0 Å². The molecule has 1 aromatic rings. The van der Waals surface area contributed by atoms with Crippen LogP contribution in [-0.2, 0) is 22.4 Å². The second kappa shape index (κ2) is 6.75. The number of hydrogen-bond acceptors (Lipinski definition) is 3. The Hall–Kier alpha value is -1.29. The minimum absolute atomic E-state index is 0.221. The first-order valence-electron chi connectivity index (χ1n) is 6.46. The third kappa shape index (κ3) is 4.10. The lowest BCUT2D eigenvalue weighted by Crippen LogP contribution is -2.10. The van der Waals surface area contributed by atoms with E-state index in [-0.39, 0.29) is 12.1 Å². The van der Waals surface area contributed by atoms with Crippen molar-refractivity contribution >= 4 is 21.9 Å². The molecule has 3 nitrogen and oxygen atoms in total. The van der Waals surface area contributed by atoms with Crippen molar-refractivity contribution in [3.05, 3.63) is 46.9 Å². The fourth-order valence-electron chi connectivity index (χ4n) is 2.01. The molecule has 2 rings (SSSR count). The minimum atomic E-state index is -0.304. The number of esters is 1. The smallest absolute Gasteiger partial charge is 0.345 e. The molecule has 0 saturated heterocycles. The second-order valence-corrected chi connectivity index (χ2v) is 5.42. The zero-order valence-corrected chi connectivity index (χ0v) is 12.3. The summed E-state index contributed by atoms with van der Waals surface area (Å²) >= 11 is 3.16. The molecule has 102 valence electrons. The molecule has 0 amide bonds. The number of furan rings is 1. The number of cyclic esters (lactones) is 1. The van der Waals surface area contributed by atoms with Gasteiger partial charge in [0.25, 0.3) is 0 Å². The van der Waals surface area contributed by atoms with Gasteiger partial charge in [-0.3, -0.25) is 0 Å². The van der Waals surface area contributed by atoms with Gasteiger partial charge in [-0.15, -0.1) is 6.58 Å². The Morgan fingerprint density at radius 3 is 2.79 bits per heavy atom. The molecule has 0 radical (unpaired) electrons. The molecular formula is C15H17BrO3. The summed E-state index contributed by atoms with van der Waals surface area (Å²) in [6, 6.07) is 3.95. The van der Waals surface area contributed by atoms with Gasteiger partial charge in [-0.25, -0.2) is 4.79 Å². The highest BCUT2D eigenvalue weighted by molar-refractivity contribution is 9.12. The van der Waals surface area contributed by atoms with Gasteiger partial charge in [-0.1, -0.05) is 6.08 Å². The second-order valence-electron chi connectivity index (χ2n) is 4.56. The Morgan fingerprint density at radius 1 is 1.32 bits per heavy atom. The molecule has 1 aliphatic heterocycles. The fourth-order valence-corrected chi connectivity index (χ4v) is 2.40. The van der Waals surface area contributed by atoms with Gasteiger partial charge in [0.1, 0.15) is 22.1 Å². The van der Waals surface area contributed by atoms with Gasteiger partial charge in [0.15, 0.2) is 0 Å². The minimum Gasteiger partial charge on any atom is -0.466 e. The van der Waals surface area contributed by atoms with Crippen molar-refractivity contribution in [2.45, 2.75) is 38.2 Å². The molecule has 2 heterocycles. The zero-order chi connectivity index (χ0) is 13.7. The summed E-state index contributed by atoms with van der Waals surface area (Å²) in [5.41, 5.74) is 0. The standard InChI is InChI=1S/C15H17BrO3/c1-2-3-4-5-6-11-7-8-12(18-11)9-13-10-14(16)15(17)19-13/h2,7-8,10,13H,1,3-6,9H2/t13-/m1/s1. The van der Waals surface area contributed by atoms with Gasteiger partial charge in [0.05, 0.1) is 0 Å². The summed E-state index contributed by atoms with van der Waals surface area (Å²) in [7, 11) is 0. The lowest BCUT2D eigenvalue weighted by atomic mass is 10.1. The number of carbonyl (C=O) groups excluding carboxylic acids is 1. The monoisotopic (exact) mass is 324 g/mol. The van der Waals surface area contributed by atoms with E-state index in [1.807, 2.05) is 18.2 Å². The first-order valence-corrected chi connectivity index (χ1v) is 7.25. The summed E-state index contributed by atoms with van der Waals surface area (Å²) in [5.74, 6) is 1.54. The Bertz CT molecular complexity index is 487. The quantitative estimate of drug-likeness (QED) is 0.433. The predicted octanol–water partition coefficient (Wildman–Crippen LogP) is 3.93. The molecule has 1 aromatic heterocycles. The summed E-state index contributed by atoms with van der Waals surface area (Å²) < 4.78 is 11.4. The van der Waals surface area contributed by atoms with Crippen LogP contribution in [0, 0.1) is 0 Å². The number of allylic oxidation sites excluding steroid dienone is 1. The van der Waals surface area contributed by atoms with E-state index in [1.165, 1.54) is 0 Å². The average Bonchev–Trinajstić information content (AvgIpc) is 2.94. The molecule has 0 aliphatic carbocycles. The van der Waals surface area contributed by atoms with Gasteiger partial charge in [-0.2, -0.15) is 0 Å². The highest BCUT2D eigenvalue weighted by Crippen LogP contribution is 2.22. The van der Waals surface area contributed by atoms with Gasteiger partial charge >= 0.3 is 5.97 Å². The van der Waals surface area contributed by atoms with E-state index in [4.69, 9.17) is 9.15 Å². The van der Waals surface area contributed by atoms with E-state index in [0.717, 1.165) is 37.2 Å². The summed E-state index contributed by atoms with van der Waals surface area (Å²) in [4.78, 5) is 11.2. The van der Waals surface area contributed by atoms with Crippen molar-refractivity contribution in [1.82, 2.24) is 0 Å². The van der Waals surface area contributed by atoms with Crippen LogP contribution in [0.5, 0.6) is 0 Å². The van der Waals surface area contributed by atoms with Crippen molar-refractivity contribution < 1.29 is 13.9 Å². The van der Waals surface area contributed by atoms with E-state index in [9.17, 15) is 4.79 Å². The number of halogens is 1. The van der Waals surface area contributed by atoms with Gasteiger partial charge in [0.2, 0.25) is 0 Å². The van der Waals surface area contributed by atoms with Crippen LogP contribution in [0.15, 0.2) is 39.8 Å². The highest BCUT2D eigenvalue weighted by Gasteiger charge is 2.24. The first kappa shape index (κ1) is 14.1. The Kier molecular flexibility index (Phi) is 5.02. The number of ether oxygens (including phenoxy) is 1. The maximum Gasteiger partial charge on any atom is 0.345 e. The van der Waals surface area contributed by atoms with Crippen molar-refractivity contribution in [3.8, 4) is 0 Å². The molecule has 0 spiro atoms. The largest absolute Gasteiger partial charge is 0.466 e. The van der Waals surface area contributed by atoms with Crippen LogP contribution >= 0.6 is 15.9 Å². The topological polar surface area (TPSA) is 39.4 Å². The molecule has 0 unspecified atom stereocenters. The molecule has 1 aliphatic rings. The number of unbranched alkanes of at least 4 members (excludes halogenated alkanes) is 2. The maximum absolute atomic E-state index is 11.2. The third-order valence-electron chi connectivity index (χ3n) is 2.99. The van der Waals surface area contributed by atoms with Gasteiger partial charge in [-0.05, 0) is 53.4 Å². The van der Waals surface area contributed by atoms with Crippen LogP contribution in [0.25, 0.3) is 0 Å². The van der Waals surface area contributed by atoms with Crippen molar-refractivity contribution in [2.24, 2.45) is 0 Å². The van der Waals surface area contributed by atoms with Crippen LogP contribution in [-0.4, -0.2) is 12.1 Å². The van der Waals surface area contributed by atoms with Crippen molar-refractivity contribution in [1.29, 1.82) is 0 Å². The predicted molar refractivity (Wildman–Crippen MR) is 77.1 cm³/mol. The summed E-state index contributed by atoms with van der Waals surface area (Å²) in [6.45, 7) is 3.70. The SMILES string of the molecule is C=CCCCCc1ccc(C[C@@H]2C=C(Br)C(=O)O2)o1. The van der Waals surface area contributed by atoms with E-state index < -0.39 is 0 Å². The molecule has 4 heteroatoms. The van der Waals surface area contributed by atoms with Crippen LogP contribution in [0.1, 0.15) is 30.8 Å². The van der Waals surface area contributed by atoms with E-state index in [1.54, 1.807) is 6.08 Å². The molecular weight excluding hydrogens is 308 g/mol. The molecule has 0 N–H and O–H groups in total. The van der Waals surface area contributed by atoms with E-state index >= 15 is 0 Å². The third-order valence-corrected chi connectivity index (χ3v) is 3.57. The van der Waals surface area contributed by atoms with Gasteiger partial charge in [0, 0.05) is 12.8 Å². The maximum atomic E-state index is 11.2. The number of hydrogen-bond donors (Lipinski definition) is 0. The van der Waals surface area contributed by atoms with Crippen molar-refractivity contribution in [3.63, 3.8) is 0 Å². The zero-order valence-electron chi connectivity index (χ0n) is 10.7. The number of carbonyl (C=O) groups is 1. The van der Waals surface area contributed by atoms with Crippen molar-refractivity contribution in [2.75, 3.05) is 0 Å². The lowest BCUT2D eigenvalue weighted by Gasteiger charge is -2.05. The molecule has 0 saturated carbocycles. The Labute approximate surface area is 121 Å². The average molecular weight is 325 g/mol. The van der Waals surface area contributed by atoms with Crippen LogP contribution < -0.4 is 0 Å². The first-order chi connectivity index (χ1) is 9.19. The van der Waals surface area contributed by atoms with Gasteiger partial charge < -0.3 is 9.15 Å². The Balaban J connectivity index is 1.81. The normalized spacial score (nSPS) is 18.3. The molecule has 0 aromatic carbocycles. The fraction of sp³-hybridized carbons (Fsp3) is 0.400. The lowest BCUT2D eigenvalue weighted by molar-refractivity contribution is -0.138. The molecule has 0 fully saturated rings. The number of rotatable bonds is 7. The van der Waals surface area contributed by atoms with E-state index in [2.05, 4.69) is 22.5 Å². The molecule has 0 bridgehead atoms.